The van der Waals surface area contributed by atoms with Crippen LogP contribution < -0.4 is 15.5 Å². The number of carbonyl (C=O) groups excluding carboxylic acids is 2. The third kappa shape index (κ3) is 6.83. The largest absolute Gasteiger partial charge is 0.497 e. The fourth-order valence-electron chi connectivity index (χ4n) is 3.50. The Balaban J connectivity index is 1.86. The molecule has 0 unspecified atom stereocenters. The second-order valence-corrected chi connectivity index (χ2v) is 8.17. The monoisotopic (exact) mass is 481 g/mol. The predicted molar refractivity (Wildman–Crippen MR) is 131 cm³/mol. The Morgan fingerprint density at radius 3 is 2.40 bits per heavy atom. The van der Waals surface area contributed by atoms with Crippen molar-refractivity contribution < 1.29 is 23.5 Å². The van der Waals surface area contributed by atoms with E-state index in [9.17, 15) is 14.4 Å². The van der Waals surface area contributed by atoms with Gasteiger partial charge in [0.2, 0.25) is 5.43 Å². The van der Waals surface area contributed by atoms with E-state index in [1.807, 2.05) is 31.2 Å². The van der Waals surface area contributed by atoms with Crippen LogP contribution in [0.2, 0.25) is 0 Å². The van der Waals surface area contributed by atoms with Crippen molar-refractivity contribution in [3.8, 4) is 5.75 Å². The summed E-state index contributed by atoms with van der Waals surface area (Å²) in [5, 5.41) is 2.71. The Bertz CT molecular complexity index is 1210. The fraction of sp³-hybridized carbons (Fsp3) is 0.346. The number of nitrogens with one attached hydrogen (secondary N) is 1. The highest BCUT2D eigenvalue weighted by Gasteiger charge is 2.22. The van der Waals surface area contributed by atoms with Crippen molar-refractivity contribution in [2.24, 2.45) is 0 Å². The Kier molecular flexibility index (Phi) is 8.86. The predicted octanol–water partition coefficient (Wildman–Crippen LogP) is 2.65. The Hall–Kier alpha value is -3.85. The summed E-state index contributed by atoms with van der Waals surface area (Å²) in [4.78, 5) is 40.5. The van der Waals surface area contributed by atoms with Crippen molar-refractivity contribution >= 4 is 11.8 Å². The number of pyridine rings is 1. The molecule has 3 aromatic rings. The number of nitrogens with zero attached hydrogens (tertiary/aromatic N) is 2. The van der Waals surface area contributed by atoms with Gasteiger partial charge in [-0.25, -0.2) is 0 Å². The third-order valence-corrected chi connectivity index (χ3v) is 5.57. The van der Waals surface area contributed by atoms with Crippen LogP contribution in [0.3, 0.4) is 0 Å². The Morgan fingerprint density at radius 1 is 1.06 bits per heavy atom. The van der Waals surface area contributed by atoms with Crippen LogP contribution in [0, 0.1) is 6.92 Å². The Morgan fingerprint density at radius 2 is 1.77 bits per heavy atom. The number of rotatable bonds is 11. The lowest BCUT2D eigenvalue weighted by atomic mass is 10.1. The fourth-order valence-corrected chi connectivity index (χ4v) is 3.50. The van der Waals surface area contributed by atoms with Crippen molar-refractivity contribution in [2.45, 2.75) is 26.4 Å². The molecule has 1 N–H and O–H groups in total. The molecule has 35 heavy (non-hydrogen) atoms. The first kappa shape index (κ1) is 25.8. The minimum atomic E-state index is -0.618. The summed E-state index contributed by atoms with van der Waals surface area (Å²) in [7, 11) is 4.74. The SMILES string of the molecule is COCCN(C)C(=O)c1cn(CCc2ccc(OC)cc2)cc(C(=O)NCc2ccc(C)o2)c1=O. The van der Waals surface area contributed by atoms with Crippen molar-refractivity contribution in [1.29, 1.82) is 0 Å². The van der Waals surface area contributed by atoms with Crippen LogP contribution in [-0.2, 0) is 24.2 Å². The molecule has 2 aromatic heterocycles. The summed E-state index contributed by atoms with van der Waals surface area (Å²) in [5.74, 6) is 1.01. The van der Waals surface area contributed by atoms with Crippen LogP contribution in [0.4, 0.5) is 0 Å². The van der Waals surface area contributed by atoms with E-state index in [4.69, 9.17) is 13.9 Å². The average molecular weight is 482 g/mol. The van der Waals surface area contributed by atoms with E-state index in [0.717, 1.165) is 17.1 Å². The zero-order chi connectivity index (χ0) is 25.4. The number of hydrogen-bond acceptors (Lipinski definition) is 6. The zero-order valence-electron chi connectivity index (χ0n) is 20.5. The number of hydrogen-bond donors (Lipinski definition) is 1. The molecule has 0 spiro atoms. The number of likely N-dealkylation sites (N-methyl/N-ethyl adjacent to an activating group) is 1. The van der Waals surface area contributed by atoms with Gasteiger partial charge in [0, 0.05) is 39.6 Å². The molecular formula is C26H31N3O6. The van der Waals surface area contributed by atoms with Crippen molar-refractivity contribution in [2.75, 3.05) is 34.4 Å². The summed E-state index contributed by atoms with van der Waals surface area (Å²) in [6, 6.07) is 11.2. The van der Waals surface area contributed by atoms with E-state index in [-0.39, 0.29) is 17.7 Å². The molecule has 3 rings (SSSR count). The highest BCUT2D eigenvalue weighted by molar-refractivity contribution is 5.99. The molecule has 2 amide bonds. The molecule has 0 aliphatic carbocycles. The van der Waals surface area contributed by atoms with Gasteiger partial charge in [-0.3, -0.25) is 14.4 Å². The molecule has 0 aliphatic heterocycles. The van der Waals surface area contributed by atoms with Gasteiger partial charge in [-0.1, -0.05) is 12.1 Å². The van der Waals surface area contributed by atoms with Crippen molar-refractivity contribution in [3.63, 3.8) is 0 Å². The normalized spacial score (nSPS) is 10.7. The van der Waals surface area contributed by atoms with Crippen LogP contribution >= 0.6 is 0 Å². The molecule has 0 atom stereocenters. The van der Waals surface area contributed by atoms with Crippen LogP contribution in [0.25, 0.3) is 0 Å². The first-order chi connectivity index (χ1) is 16.8. The molecule has 0 saturated heterocycles. The summed E-state index contributed by atoms with van der Waals surface area (Å²) < 4.78 is 17.4. The summed E-state index contributed by atoms with van der Waals surface area (Å²) in [6.07, 6.45) is 3.62. The molecule has 0 fully saturated rings. The number of benzene rings is 1. The molecule has 186 valence electrons. The number of amides is 2. The maximum atomic E-state index is 13.2. The lowest BCUT2D eigenvalue weighted by Gasteiger charge is -2.18. The first-order valence-electron chi connectivity index (χ1n) is 11.3. The topological polar surface area (TPSA) is 103 Å². The standard InChI is InChI=1S/C26H31N3O6/c1-18-5-8-21(35-18)15-27-25(31)22-16-29(12-11-19-6-9-20(34-4)10-7-19)17-23(24(22)30)26(32)28(2)13-14-33-3/h5-10,16-17H,11-15H2,1-4H3,(H,27,31). The quantitative estimate of drug-likeness (QED) is 0.452. The van der Waals surface area contributed by atoms with Crippen LogP contribution in [0.1, 0.15) is 37.8 Å². The van der Waals surface area contributed by atoms with Gasteiger partial charge in [0.15, 0.2) is 0 Å². The molecule has 0 bridgehead atoms. The van der Waals surface area contributed by atoms with E-state index >= 15 is 0 Å². The maximum absolute atomic E-state index is 13.2. The first-order valence-corrected chi connectivity index (χ1v) is 11.3. The van der Waals surface area contributed by atoms with Crippen LogP contribution in [-0.4, -0.2) is 55.7 Å². The van der Waals surface area contributed by atoms with Gasteiger partial charge in [-0.15, -0.1) is 0 Å². The van der Waals surface area contributed by atoms with Crippen molar-refractivity contribution in [1.82, 2.24) is 14.8 Å². The van der Waals surface area contributed by atoms with E-state index in [1.165, 1.54) is 24.4 Å². The molecule has 0 aliphatic rings. The minimum absolute atomic E-state index is 0.0696. The summed E-state index contributed by atoms with van der Waals surface area (Å²) >= 11 is 0. The average Bonchev–Trinajstić information content (AvgIpc) is 3.29. The third-order valence-electron chi connectivity index (χ3n) is 5.57. The second-order valence-electron chi connectivity index (χ2n) is 8.17. The van der Waals surface area contributed by atoms with Gasteiger partial charge in [-0.2, -0.15) is 0 Å². The van der Waals surface area contributed by atoms with E-state index in [2.05, 4.69) is 5.32 Å². The van der Waals surface area contributed by atoms with Gasteiger partial charge in [0.1, 0.15) is 28.4 Å². The highest BCUT2D eigenvalue weighted by atomic mass is 16.5. The number of aromatic nitrogens is 1. The lowest BCUT2D eigenvalue weighted by molar-refractivity contribution is 0.0742. The molecule has 0 saturated carbocycles. The van der Waals surface area contributed by atoms with Gasteiger partial charge < -0.3 is 28.7 Å². The Labute approximate surface area is 204 Å². The molecule has 9 heteroatoms. The van der Waals surface area contributed by atoms with Crippen LogP contribution in [0.5, 0.6) is 5.75 Å². The number of aryl methyl sites for hydroxylation is 3. The van der Waals surface area contributed by atoms with E-state index < -0.39 is 17.2 Å². The lowest BCUT2D eigenvalue weighted by Crippen LogP contribution is -2.37. The summed E-state index contributed by atoms with van der Waals surface area (Å²) in [5.41, 5.74) is 0.260. The smallest absolute Gasteiger partial charge is 0.259 e. The second kappa shape index (κ2) is 12.0. The highest BCUT2D eigenvalue weighted by Crippen LogP contribution is 2.13. The molecule has 9 nitrogen and oxygen atoms in total. The van der Waals surface area contributed by atoms with Crippen molar-refractivity contribution in [3.05, 3.63) is 87.2 Å². The molecular weight excluding hydrogens is 450 g/mol. The number of carbonyl (C=O) groups is 2. The number of methoxy groups -OCH3 is 2. The maximum Gasteiger partial charge on any atom is 0.259 e. The van der Waals surface area contributed by atoms with Gasteiger partial charge in [-0.05, 0) is 43.2 Å². The van der Waals surface area contributed by atoms with Gasteiger partial charge in [0.25, 0.3) is 11.8 Å². The number of furan rings is 1. The summed E-state index contributed by atoms with van der Waals surface area (Å²) in [6.45, 7) is 3.05. The van der Waals surface area contributed by atoms with Gasteiger partial charge >= 0.3 is 0 Å². The zero-order valence-corrected chi connectivity index (χ0v) is 20.5. The van der Waals surface area contributed by atoms with Crippen LogP contribution in [0.15, 0.2) is 58.0 Å². The van der Waals surface area contributed by atoms with Gasteiger partial charge in [0.05, 0.1) is 20.3 Å². The molecule has 2 heterocycles. The molecule has 0 radical (unpaired) electrons. The van der Waals surface area contributed by atoms with E-state index in [0.29, 0.717) is 31.9 Å². The van der Waals surface area contributed by atoms with E-state index in [1.54, 1.807) is 30.9 Å². The number of ether oxygens (including phenoxy) is 2. The minimum Gasteiger partial charge on any atom is -0.497 e. The molecule has 1 aromatic carbocycles.